The lowest BCUT2D eigenvalue weighted by atomic mass is 9.84. The van der Waals surface area contributed by atoms with E-state index in [0.717, 1.165) is 105 Å². The molecule has 2 aromatic heterocycles. The van der Waals surface area contributed by atoms with Gasteiger partial charge in [-0.1, -0.05) is 62.4 Å². The summed E-state index contributed by atoms with van der Waals surface area (Å²) in [5.74, 6) is 2.44. The Bertz CT molecular complexity index is 1550. The van der Waals surface area contributed by atoms with Gasteiger partial charge in [-0.25, -0.2) is 9.97 Å². The number of aromatic nitrogens is 4. The highest BCUT2D eigenvalue weighted by Crippen LogP contribution is 2.37. The van der Waals surface area contributed by atoms with Gasteiger partial charge < -0.3 is 25.1 Å². The molecule has 4 heterocycles. The smallest absolute Gasteiger partial charge is 0.226 e. The summed E-state index contributed by atoms with van der Waals surface area (Å²) in [5.41, 5.74) is 6.65. The average Bonchev–Trinajstić information content (AvgIpc) is 3.92. The van der Waals surface area contributed by atoms with Crippen LogP contribution in [0, 0.1) is 5.92 Å². The molecule has 3 fully saturated rings. The molecular formula is C37H47N7O. The maximum absolute atomic E-state index is 13.7. The van der Waals surface area contributed by atoms with Gasteiger partial charge in [0.1, 0.15) is 11.6 Å². The number of aromatic amines is 2. The van der Waals surface area contributed by atoms with Crippen molar-refractivity contribution >= 4 is 5.91 Å². The van der Waals surface area contributed by atoms with Crippen molar-refractivity contribution in [1.82, 2.24) is 35.1 Å². The number of likely N-dealkylation sites (tertiary alicyclic amines) is 1. The molecule has 2 aliphatic heterocycles. The lowest BCUT2D eigenvalue weighted by Crippen LogP contribution is -2.42. The van der Waals surface area contributed by atoms with Crippen molar-refractivity contribution in [2.24, 2.45) is 5.92 Å². The standard InChI is InChI=1S/C37H47N7O/c1-3-43(4-2)30-19-17-29(18-20-30)37(45)44-22-6-8-34(44)36-40-24-33(42-36)28-15-11-26(12-16-28)25-9-13-27(14-10-25)32-23-39-35(41-32)31-7-5-21-38-31/h9-16,23-24,29-31,34,38H,3-8,17-22H2,1-2H3,(H,39,41)(H,40,42)/t29-,30+,31-,34-/m0/s1. The highest BCUT2D eigenvalue weighted by Gasteiger charge is 2.37. The number of benzene rings is 2. The molecule has 8 heteroatoms. The van der Waals surface area contributed by atoms with Crippen LogP contribution in [-0.2, 0) is 4.79 Å². The fourth-order valence-electron chi connectivity index (χ4n) is 7.89. The zero-order chi connectivity index (χ0) is 30.8. The molecule has 2 saturated heterocycles. The molecular weight excluding hydrogens is 558 g/mol. The number of nitrogens with one attached hydrogen (secondary N) is 3. The van der Waals surface area contributed by atoms with Crippen molar-refractivity contribution in [2.45, 2.75) is 83.3 Å². The molecule has 0 unspecified atom stereocenters. The molecule has 45 heavy (non-hydrogen) atoms. The number of hydrogen-bond acceptors (Lipinski definition) is 5. The quantitative estimate of drug-likeness (QED) is 0.189. The molecule has 236 valence electrons. The third-order valence-electron chi connectivity index (χ3n) is 10.5. The number of nitrogens with zero attached hydrogens (tertiary/aromatic N) is 4. The van der Waals surface area contributed by atoms with Gasteiger partial charge in [0.15, 0.2) is 0 Å². The monoisotopic (exact) mass is 605 g/mol. The van der Waals surface area contributed by atoms with Crippen molar-refractivity contribution in [2.75, 3.05) is 26.2 Å². The fourth-order valence-corrected chi connectivity index (χ4v) is 7.89. The van der Waals surface area contributed by atoms with Crippen LogP contribution in [0.2, 0.25) is 0 Å². The van der Waals surface area contributed by atoms with Gasteiger partial charge in [0.25, 0.3) is 0 Å². The Morgan fingerprint density at radius 2 is 1.33 bits per heavy atom. The minimum Gasteiger partial charge on any atom is -0.341 e. The first kappa shape index (κ1) is 29.9. The number of rotatable bonds is 9. The van der Waals surface area contributed by atoms with Gasteiger partial charge in [0.2, 0.25) is 5.91 Å². The first-order valence-corrected chi connectivity index (χ1v) is 17.2. The summed E-state index contributed by atoms with van der Waals surface area (Å²) in [4.78, 5) is 34.8. The fraction of sp³-hybridized carbons (Fsp3) is 0.486. The second-order valence-corrected chi connectivity index (χ2v) is 13.1. The Balaban J connectivity index is 0.984. The van der Waals surface area contributed by atoms with E-state index in [0.29, 0.717) is 18.0 Å². The summed E-state index contributed by atoms with van der Waals surface area (Å²) >= 11 is 0. The zero-order valence-electron chi connectivity index (χ0n) is 26.8. The lowest BCUT2D eigenvalue weighted by molar-refractivity contribution is -0.138. The van der Waals surface area contributed by atoms with Gasteiger partial charge >= 0.3 is 0 Å². The zero-order valence-corrected chi connectivity index (χ0v) is 26.8. The van der Waals surface area contributed by atoms with Gasteiger partial charge in [0, 0.05) is 18.5 Å². The number of H-pyrrole nitrogens is 2. The lowest BCUT2D eigenvalue weighted by Gasteiger charge is -2.37. The van der Waals surface area contributed by atoms with E-state index in [1.165, 1.54) is 17.5 Å². The Kier molecular flexibility index (Phi) is 8.85. The van der Waals surface area contributed by atoms with Gasteiger partial charge in [0.05, 0.1) is 35.9 Å². The number of hydrogen-bond donors (Lipinski definition) is 3. The maximum Gasteiger partial charge on any atom is 0.226 e. The molecule has 1 aliphatic carbocycles. The summed E-state index contributed by atoms with van der Waals surface area (Å²) in [5, 5.41) is 3.51. The van der Waals surface area contributed by atoms with E-state index in [1.54, 1.807) is 0 Å². The number of carbonyl (C=O) groups excluding carboxylic acids is 1. The van der Waals surface area contributed by atoms with Gasteiger partial charge in [-0.15, -0.1) is 0 Å². The van der Waals surface area contributed by atoms with E-state index in [1.807, 2.05) is 12.4 Å². The van der Waals surface area contributed by atoms with Crippen LogP contribution in [0.5, 0.6) is 0 Å². The SMILES string of the molecule is CCN(CC)[C@H]1CC[C@@H](C(=O)N2CCC[C@H]2c2ncc(-c3ccc(-c4ccc(-c5cnc([C@@H]6CCCN6)[nH]5)cc4)cc3)[nH]2)CC1. The van der Waals surface area contributed by atoms with Crippen molar-refractivity contribution < 1.29 is 4.79 Å². The van der Waals surface area contributed by atoms with Crippen molar-refractivity contribution in [1.29, 1.82) is 0 Å². The van der Waals surface area contributed by atoms with Crippen LogP contribution < -0.4 is 5.32 Å². The number of imidazole rings is 2. The van der Waals surface area contributed by atoms with Crippen molar-refractivity contribution in [3.8, 4) is 33.6 Å². The summed E-state index contributed by atoms with van der Waals surface area (Å²) < 4.78 is 0. The van der Waals surface area contributed by atoms with E-state index in [9.17, 15) is 4.79 Å². The average molecular weight is 606 g/mol. The third kappa shape index (κ3) is 6.23. The summed E-state index contributed by atoms with van der Waals surface area (Å²) in [6.07, 6.45) is 12.5. The highest BCUT2D eigenvalue weighted by molar-refractivity contribution is 5.79. The van der Waals surface area contributed by atoms with Gasteiger partial charge in [-0.2, -0.15) is 0 Å². The Morgan fingerprint density at radius 1 is 0.756 bits per heavy atom. The minimum absolute atomic E-state index is 0.0462. The molecule has 7 rings (SSSR count). The van der Waals surface area contributed by atoms with E-state index < -0.39 is 0 Å². The number of carbonyl (C=O) groups is 1. The number of amides is 1. The van der Waals surface area contributed by atoms with Crippen LogP contribution in [0.3, 0.4) is 0 Å². The summed E-state index contributed by atoms with van der Waals surface area (Å²) in [7, 11) is 0. The van der Waals surface area contributed by atoms with E-state index >= 15 is 0 Å². The van der Waals surface area contributed by atoms with E-state index in [4.69, 9.17) is 4.98 Å². The second kappa shape index (κ2) is 13.3. The van der Waals surface area contributed by atoms with Crippen LogP contribution >= 0.6 is 0 Å². The van der Waals surface area contributed by atoms with Crippen LogP contribution in [0.25, 0.3) is 33.6 Å². The summed E-state index contributed by atoms with van der Waals surface area (Å²) in [6.45, 7) is 8.57. The van der Waals surface area contributed by atoms with E-state index in [2.05, 4.69) is 92.4 Å². The van der Waals surface area contributed by atoms with Crippen molar-refractivity contribution in [3.63, 3.8) is 0 Å². The molecule has 0 spiro atoms. The molecule has 2 aromatic carbocycles. The molecule has 8 nitrogen and oxygen atoms in total. The Morgan fingerprint density at radius 3 is 1.91 bits per heavy atom. The largest absolute Gasteiger partial charge is 0.341 e. The molecule has 2 atom stereocenters. The second-order valence-electron chi connectivity index (χ2n) is 13.1. The first-order chi connectivity index (χ1) is 22.1. The molecule has 3 N–H and O–H groups in total. The topological polar surface area (TPSA) is 92.9 Å². The minimum atomic E-state index is 0.0462. The molecule has 4 aromatic rings. The Labute approximate surface area is 267 Å². The molecule has 1 saturated carbocycles. The molecule has 1 amide bonds. The van der Waals surface area contributed by atoms with Crippen molar-refractivity contribution in [3.05, 3.63) is 72.6 Å². The molecule has 0 bridgehead atoms. The van der Waals surface area contributed by atoms with Crippen LogP contribution in [-0.4, -0.2) is 67.9 Å². The van der Waals surface area contributed by atoms with Crippen LogP contribution in [0.15, 0.2) is 60.9 Å². The third-order valence-corrected chi connectivity index (χ3v) is 10.5. The van der Waals surface area contributed by atoms with E-state index in [-0.39, 0.29) is 12.0 Å². The predicted octanol–water partition coefficient (Wildman–Crippen LogP) is 7.12. The van der Waals surface area contributed by atoms with Gasteiger partial charge in [-0.05, 0) is 93.3 Å². The predicted molar refractivity (Wildman–Crippen MR) is 179 cm³/mol. The van der Waals surface area contributed by atoms with Gasteiger partial charge in [-0.3, -0.25) is 4.79 Å². The normalized spacial score (nSPS) is 23.7. The first-order valence-electron chi connectivity index (χ1n) is 17.2. The highest BCUT2D eigenvalue weighted by atomic mass is 16.2. The molecule has 0 radical (unpaired) electrons. The maximum atomic E-state index is 13.7. The van der Waals surface area contributed by atoms with Crippen LogP contribution in [0.1, 0.15) is 88.9 Å². The Hall–Kier alpha value is -3.75. The summed E-state index contributed by atoms with van der Waals surface area (Å²) in [6, 6.07) is 18.3. The molecule has 3 aliphatic rings. The van der Waals surface area contributed by atoms with Crippen LogP contribution in [0.4, 0.5) is 0 Å².